The molecule has 0 unspecified atom stereocenters. The average Bonchev–Trinajstić information content (AvgIpc) is 2.59. The second kappa shape index (κ2) is 13.2. The highest BCUT2D eigenvalue weighted by Crippen LogP contribution is 2.12. The van der Waals surface area contributed by atoms with Crippen molar-refractivity contribution in [3.8, 4) is 0 Å². The van der Waals surface area contributed by atoms with Crippen LogP contribution >= 0.6 is 15.9 Å². The fourth-order valence-electron chi connectivity index (χ4n) is 2.55. The first-order valence-electron chi connectivity index (χ1n) is 9.22. The summed E-state index contributed by atoms with van der Waals surface area (Å²) in [6.45, 7) is 4.15. The van der Waals surface area contributed by atoms with Gasteiger partial charge in [-0.15, -0.1) is 0 Å². The number of unbranched alkanes of at least 4 members (excludes halogenated alkanes) is 8. The van der Waals surface area contributed by atoms with Crippen molar-refractivity contribution >= 4 is 27.5 Å². The van der Waals surface area contributed by atoms with E-state index in [2.05, 4.69) is 33.4 Å². The number of halogens is 1. The molecule has 0 spiro atoms. The second-order valence-corrected chi connectivity index (χ2v) is 7.23. The zero-order chi connectivity index (χ0) is 17.6. The number of hydrazone groups is 1. The molecule has 0 bridgehead atoms. The molecule has 1 aromatic carbocycles. The van der Waals surface area contributed by atoms with Gasteiger partial charge in [0, 0.05) is 10.9 Å². The molecule has 24 heavy (non-hydrogen) atoms. The Hall–Kier alpha value is -1.16. The maximum atomic E-state index is 11.8. The van der Waals surface area contributed by atoms with Gasteiger partial charge in [-0.1, -0.05) is 86.4 Å². The zero-order valence-corrected chi connectivity index (χ0v) is 16.7. The van der Waals surface area contributed by atoms with Gasteiger partial charge in [0.25, 0.3) is 0 Å². The third-order valence-corrected chi connectivity index (χ3v) is 4.65. The average molecular weight is 395 g/mol. The Labute approximate surface area is 155 Å². The first kappa shape index (κ1) is 20.9. The van der Waals surface area contributed by atoms with Crippen LogP contribution in [-0.2, 0) is 4.79 Å². The van der Waals surface area contributed by atoms with Crippen LogP contribution in [0.2, 0.25) is 0 Å². The first-order chi connectivity index (χ1) is 11.6. The predicted octanol–water partition coefficient (Wildman–Crippen LogP) is 6.21. The summed E-state index contributed by atoms with van der Waals surface area (Å²) in [6.07, 6.45) is 11.9. The summed E-state index contributed by atoms with van der Waals surface area (Å²) >= 11 is 3.41. The van der Waals surface area contributed by atoms with Crippen molar-refractivity contribution in [2.45, 2.75) is 78.1 Å². The summed E-state index contributed by atoms with van der Waals surface area (Å²) in [5.41, 5.74) is 4.50. The van der Waals surface area contributed by atoms with Crippen LogP contribution in [-0.4, -0.2) is 11.6 Å². The van der Waals surface area contributed by atoms with Gasteiger partial charge in [0.2, 0.25) is 5.91 Å². The Morgan fingerprint density at radius 3 is 2.08 bits per heavy atom. The largest absolute Gasteiger partial charge is 0.273 e. The number of nitrogens with one attached hydrogen (secondary N) is 1. The molecule has 1 N–H and O–H groups in total. The maximum Gasteiger partial charge on any atom is 0.240 e. The number of hydrogen-bond donors (Lipinski definition) is 1. The number of carbonyl (C=O) groups excluding carboxylic acids is 1. The SMILES string of the molecule is CCCCCCCCCCCC(=O)N/N=C(\C)c1ccc(Br)cc1. The quantitative estimate of drug-likeness (QED) is 0.255. The van der Waals surface area contributed by atoms with Gasteiger partial charge < -0.3 is 0 Å². The van der Waals surface area contributed by atoms with Crippen LogP contribution in [0.25, 0.3) is 0 Å². The minimum atomic E-state index is 0.00871. The van der Waals surface area contributed by atoms with Crippen molar-refractivity contribution in [3.05, 3.63) is 34.3 Å². The lowest BCUT2D eigenvalue weighted by atomic mass is 10.1. The molecule has 0 saturated carbocycles. The van der Waals surface area contributed by atoms with Crippen molar-refractivity contribution < 1.29 is 4.79 Å². The van der Waals surface area contributed by atoms with Gasteiger partial charge in [-0.25, -0.2) is 5.43 Å². The smallest absolute Gasteiger partial charge is 0.240 e. The predicted molar refractivity (Wildman–Crippen MR) is 106 cm³/mol. The van der Waals surface area contributed by atoms with Crippen LogP contribution in [0, 0.1) is 0 Å². The molecule has 0 atom stereocenters. The Morgan fingerprint density at radius 2 is 1.50 bits per heavy atom. The molecule has 0 heterocycles. The van der Waals surface area contributed by atoms with E-state index < -0.39 is 0 Å². The summed E-state index contributed by atoms with van der Waals surface area (Å²) in [4.78, 5) is 11.8. The third-order valence-electron chi connectivity index (χ3n) is 4.12. The van der Waals surface area contributed by atoms with Gasteiger partial charge in [-0.2, -0.15) is 5.10 Å². The molecular weight excluding hydrogens is 364 g/mol. The minimum absolute atomic E-state index is 0.00871. The normalized spacial score (nSPS) is 11.5. The van der Waals surface area contributed by atoms with Crippen LogP contribution < -0.4 is 5.43 Å². The van der Waals surface area contributed by atoms with E-state index in [0.717, 1.165) is 28.6 Å². The van der Waals surface area contributed by atoms with E-state index in [0.29, 0.717) is 6.42 Å². The lowest BCUT2D eigenvalue weighted by molar-refractivity contribution is -0.121. The molecule has 0 aromatic heterocycles. The highest BCUT2D eigenvalue weighted by molar-refractivity contribution is 9.10. The minimum Gasteiger partial charge on any atom is -0.273 e. The van der Waals surface area contributed by atoms with Gasteiger partial charge in [0.05, 0.1) is 5.71 Å². The van der Waals surface area contributed by atoms with Gasteiger partial charge in [-0.3, -0.25) is 4.79 Å². The Morgan fingerprint density at radius 1 is 0.958 bits per heavy atom. The topological polar surface area (TPSA) is 41.5 Å². The highest BCUT2D eigenvalue weighted by Gasteiger charge is 2.02. The Balaban J connectivity index is 2.09. The molecule has 4 heteroatoms. The van der Waals surface area contributed by atoms with E-state index in [1.165, 1.54) is 44.9 Å². The van der Waals surface area contributed by atoms with E-state index >= 15 is 0 Å². The van der Waals surface area contributed by atoms with Gasteiger partial charge in [0.1, 0.15) is 0 Å². The molecule has 0 fully saturated rings. The first-order valence-corrected chi connectivity index (χ1v) is 10.0. The lowest BCUT2D eigenvalue weighted by Crippen LogP contribution is -2.18. The molecule has 0 radical (unpaired) electrons. The summed E-state index contributed by atoms with van der Waals surface area (Å²) in [7, 11) is 0. The fourth-order valence-corrected chi connectivity index (χ4v) is 2.82. The maximum absolute atomic E-state index is 11.8. The summed E-state index contributed by atoms with van der Waals surface area (Å²) in [5, 5.41) is 4.18. The number of hydrogen-bond acceptors (Lipinski definition) is 2. The Bertz CT molecular complexity index is 497. The molecular formula is C20H31BrN2O. The second-order valence-electron chi connectivity index (χ2n) is 6.32. The van der Waals surface area contributed by atoms with E-state index in [1.54, 1.807) is 0 Å². The molecule has 0 aliphatic carbocycles. The summed E-state index contributed by atoms with van der Waals surface area (Å²) in [6, 6.07) is 7.90. The van der Waals surface area contributed by atoms with Crippen molar-refractivity contribution in [1.82, 2.24) is 5.43 Å². The molecule has 0 aliphatic rings. The molecule has 1 rings (SSSR count). The van der Waals surface area contributed by atoms with E-state index in [4.69, 9.17) is 0 Å². The van der Waals surface area contributed by atoms with Crippen molar-refractivity contribution in [1.29, 1.82) is 0 Å². The Kier molecular flexibility index (Phi) is 11.5. The number of nitrogens with zero attached hydrogens (tertiary/aromatic N) is 1. The molecule has 1 aromatic rings. The zero-order valence-electron chi connectivity index (χ0n) is 15.1. The fraction of sp³-hybridized carbons (Fsp3) is 0.600. The molecule has 0 saturated heterocycles. The number of amides is 1. The molecule has 3 nitrogen and oxygen atoms in total. The summed E-state index contributed by atoms with van der Waals surface area (Å²) < 4.78 is 1.04. The van der Waals surface area contributed by atoms with E-state index in [-0.39, 0.29) is 5.91 Å². The van der Waals surface area contributed by atoms with Crippen LogP contribution in [0.5, 0.6) is 0 Å². The number of rotatable bonds is 12. The number of benzene rings is 1. The third kappa shape index (κ3) is 9.86. The molecule has 1 amide bonds. The number of carbonyl (C=O) groups is 1. The van der Waals surface area contributed by atoms with Crippen LogP contribution in [0.1, 0.15) is 83.6 Å². The van der Waals surface area contributed by atoms with E-state index in [9.17, 15) is 4.79 Å². The van der Waals surface area contributed by atoms with Gasteiger partial charge in [0.15, 0.2) is 0 Å². The van der Waals surface area contributed by atoms with Gasteiger partial charge in [-0.05, 0) is 31.0 Å². The highest BCUT2D eigenvalue weighted by atomic mass is 79.9. The lowest BCUT2D eigenvalue weighted by Gasteiger charge is -2.04. The monoisotopic (exact) mass is 394 g/mol. The van der Waals surface area contributed by atoms with Crippen molar-refractivity contribution in [2.24, 2.45) is 5.10 Å². The van der Waals surface area contributed by atoms with Crippen LogP contribution in [0.3, 0.4) is 0 Å². The van der Waals surface area contributed by atoms with Crippen LogP contribution in [0.15, 0.2) is 33.8 Å². The van der Waals surface area contributed by atoms with Crippen molar-refractivity contribution in [2.75, 3.05) is 0 Å². The molecule has 134 valence electrons. The summed E-state index contributed by atoms with van der Waals surface area (Å²) in [5.74, 6) is 0.00871. The standard InChI is InChI=1S/C20H31BrN2O/c1-3-4-5-6-7-8-9-10-11-12-20(24)23-22-17(2)18-13-15-19(21)16-14-18/h13-16H,3-12H2,1-2H3,(H,23,24)/b22-17+. The van der Waals surface area contributed by atoms with Gasteiger partial charge >= 0.3 is 0 Å². The van der Waals surface area contributed by atoms with E-state index in [1.807, 2.05) is 31.2 Å². The molecule has 0 aliphatic heterocycles. The van der Waals surface area contributed by atoms with Crippen LogP contribution in [0.4, 0.5) is 0 Å². The van der Waals surface area contributed by atoms with Crippen molar-refractivity contribution in [3.63, 3.8) is 0 Å².